The van der Waals surface area contributed by atoms with Gasteiger partial charge in [0.15, 0.2) is 9.84 Å². The van der Waals surface area contributed by atoms with Crippen LogP contribution >= 0.6 is 0 Å². The number of ether oxygens (including phenoxy) is 1. The Morgan fingerprint density at radius 1 is 1.45 bits per heavy atom. The van der Waals surface area contributed by atoms with Crippen LogP contribution in [-0.4, -0.2) is 27.8 Å². The Hall–Kier alpha value is -1.80. The van der Waals surface area contributed by atoms with Gasteiger partial charge in [-0.3, -0.25) is 0 Å². The van der Waals surface area contributed by atoms with Gasteiger partial charge in [0.1, 0.15) is 0 Å². The molecule has 1 aromatic rings. The lowest BCUT2D eigenvalue weighted by molar-refractivity contribution is 0.0600. The van der Waals surface area contributed by atoms with Crippen LogP contribution in [0, 0.1) is 12.3 Å². The first kappa shape index (κ1) is 16.3. The van der Waals surface area contributed by atoms with Gasteiger partial charge in [-0.1, -0.05) is 25.8 Å². The minimum Gasteiger partial charge on any atom is -0.465 e. The minimum absolute atomic E-state index is 0.0264. The maximum atomic E-state index is 12.1. The Morgan fingerprint density at radius 3 is 2.45 bits per heavy atom. The van der Waals surface area contributed by atoms with Crippen molar-refractivity contribution in [2.45, 2.75) is 31.1 Å². The van der Waals surface area contributed by atoms with Crippen LogP contribution in [0.1, 0.15) is 47.7 Å². The van der Waals surface area contributed by atoms with Crippen LogP contribution in [0.5, 0.6) is 0 Å². The molecule has 0 spiro atoms. The first-order valence-corrected chi connectivity index (χ1v) is 8.08. The average molecular weight is 294 g/mol. The molecule has 0 aliphatic carbocycles. The summed E-state index contributed by atoms with van der Waals surface area (Å²) in [5.41, 5.74) is 0.815. The quantitative estimate of drug-likeness (QED) is 0.632. The van der Waals surface area contributed by atoms with Crippen molar-refractivity contribution in [2.24, 2.45) is 0 Å². The Kier molecular flexibility index (Phi) is 4.96. The van der Waals surface area contributed by atoms with Crippen molar-refractivity contribution < 1.29 is 17.9 Å². The highest BCUT2D eigenvalue weighted by molar-refractivity contribution is 7.90. The molecule has 0 saturated carbocycles. The summed E-state index contributed by atoms with van der Waals surface area (Å²) in [5, 5.41) is 0. The van der Waals surface area contributed by atoms with E-state index >= 15 is 0 Å². The predicted molar refractivity (Wildman–Crippen MR) is 77.5 cm³/mol. The molecule has 20 heavy (non-hydrogen) atoms. The standard InChI is InChI=1S/C15H18O4S/c1-6-10(3)12-8-9-13(15(16)19-4)11(7-2)14(12)20(5,17)18/h2,8-10H,6H2,1,3-5H3. The lowest BCUT2D eigenvalue weighted by atomic mass is 9.94. The van der Waals surface area contributed by atoms with Gasteiger partial charge in [-0.2, -0.15) is 0 Å². The molecular weight excluding hydrogens is 276 g/mol. The molecule has 1 aromatic carbocycles. The molecule has 1 unspecified atom stereocenters. The van der Waals surface area contributed by atoms with Gasteiger partial charge in [-0.15, -0.1) is 6.42 Å². The molecule has 4 nitrogen and oxygen atoms in total. The number of benzene rings is 1. The molecule has 1 rings (SSSR count). The summed E-state index contributed by atoms with van der Waals surface area (Å²) in [6.45, 7) is 3.88. The maximum absolute atomic E-state index is 12.1. The fraction of sp³-hybridized carbons (Fsp3) is 0.400. The lowest BCUT2D eigenvalue weighted by Crippen LogP contribution is -2.13. The molecule has 0 saturated heterocycles. The zero-order valence-electron chi connectivity index (χ0n) is 12.1. The van der Waals surface area contributed by atoms with Crippen LogP contribution in [0.3, 0.4) is 0 Å². The van der Waals surface area contributed by atoms with E-state index in [9.17, 15) is 13.2 Å². The first-order chi connectivity index (χ1) is 9.27. The zero-order chi connectivity index (χ0) is 15.5. The summed E-state index contributed by atoms with van der Waals surface area (Å²) in [7, 11) is -2.32. The molecule has 0 N–H and O–H groups in total. The Bertz CT molecular complexity index is 666. The Balaban J connectivity index is 3.80. The average Bonchev–Trinajstić information content (AvgIpc) is 2.42. The van der Waals surface area contributed by atoms with Gasteiger partial charge < -0.3 is 4.74 Å². The Labute approximate surface area is 120 Å². The smallest absolute Gasteiger partial charge is 0.339 e. The molecule has 0 amide bonds. The van der Waals surface area contributed by atoms with Crippen LogP contribution in [0.2, 0.25) is 0 Å². The number of carbonyl (C=O) groups is 1. The zero-order valence-corrected chi connectivity index (χ0v) is 12.9. The summed E-state index contributed by atoms with van der Waals surface area (Å²) in [6, 6.07) is 3.16. The summed E-state index contributed by atoms with van der Waals surface area (Å²) in [4.78, 5) is 11.8. The van der Waals surface area contributed by atoms with Crippen molar-refractivity contribution in [3.05, 3.63) is 28.8 Å². The second-order valence-corrected chi connectivity index (χ2v) is 6.58. The molecule has 0 bridgehead atoms. The van der Waals surface area contributed by atoms with Crippen molar-refractivity contribution in [2.75, 3.05) is 13.4 Å². The van der Waals surface area contributed by atoms with Crippen molar-refractivity contribution in [3.63, 3.8) is 0 Å². The highest BCUT2D eigenvalue weighted by Gasteiger charge is 2.25. The number of esters is 1. The third-order valence-electron chi connectivity index (χ3n) is 3.25. The van der Waals surface area contributed by atoms with E-state index in [0.717, 1.165) is 12.7 Å². The molecule has 5 heteroatoms. The number of terminal acetylenes is 1. The number of methoxy groups -OCH3 is 1. The molecular formula is C15H18O4S. The largest absolute Gasteiger partial charge is 0.465 e. The SMILES string of the molecule is C#Cc1c(C(=O)OC)ccc(C(C)CC)c1S(C)(=O)=O. The fourth-order valence-electron chi connectivity index (χ4n) is 2.03. The van der Waals surface area contributed by atoms with Crippen molar-refractivity contribution >= 4 is 15.8 Å². The lowest BCUT2D eigenvalue weighted by Gasteiger charge is -2.17. The van der Waals surface area contributed by atoms with Gasteiger partial charge in [-0.25, -0.2) is 13.2 Å². The van der Waals surface area contributed by atoms with E-state index < -0.39 is 15.8 Å². The second-order valence-electron chi connectivity index (χ2n) is 4.62. The second kappa shape index (κ2) is 6.10. The van der Waals surface area contributed by atoms with Crippen molar-refractivity contribution in [1.82, 2.24) is 0 Å². The highest BCUT2D eigenvalue weighted by Crippen LogP contribution is 2.31. The van der Waals surface area contributed by atoms with Gasteiger partial charge in [0, 0.05) is 6.26 Å². The number of sulfone groups is 1. The molecule has 0 radical (unpaired) electrons. The van der Waals surface area contributed by atoms with Crippen LogP contribution < -0.4 is 0 Å². The van der Waals surface area contributed by atoms with E-state index in [2.05, 4.69) is 10.7 Å². The van der Waals surface area contributed by atoms with Crippen LogP contribution in [0.4, 0.5) is 0 Å². The molecule has 0 aromatic heterocycles. The van der Waals surface area contributed by atoms with E-state index in [1.807, 2.05) is 13.8 Å². The van der Waals surface area contributed by atoms with Gasteiger partial charge >= 0.3 is 5.97 Å². The number of rotatable bonds is 4. The minimum atomic E-state index is -3.55. The van der Waals surface area contributed by atoms with E-state index in [1.165, 1.54) is 13.2 Å². The first-order valence-electron chi connectivity index (χ1n) is 6.19. The summed E-state index contributed by atoms with van der Waals surface area (Å²) in [6.07, 6.45) is 7.29. The molecule has 0 aliphatic heterocycles. The predicted octanol–water partition coefficient (Wildman–Crippen LogP) is 2.37. The summed E-state index contributed by atoms with van der Waals surface area (Å²) >= 11 is 0. The van der Waals surface area contributed by atoms with Gasteiger partial charge in [-0.05, 0) is 24.0 Å². The third-order valence-corrected chi connectivity index (χ3v) is 4.43. The molecule has 108 valence electrons. The highest BCUT2D eigenvalue weighted by atomic mass is 32.2. The van der Waals surface area contributed by atoms with Gasteiger partial charge in [0.25, 0.3) is 0 Å². The number of hydrogen-bond donors (Lipinski definition) is 0. The third kappa shape index (κ3) is 3.02. The van der Waals surface area contributed by atoms with Crippen LogP contribution in [-0.2, 0) is 14.6 Å². The van der Waals surface area contributed by atoms with Gasteiger partial charge in [0.2, 0.25) is 0 Å². The molecule has 0 fully saturated rings. The topological polar surface area (TPSA) is 60.4 Å². The monoisotopic (exact) mass is 294 g/mol. The normalized spacial score (nSPS) is 12.6. The van der Waals surface area contributed by atoms with E-state index in [0.29, 0.717) is 5.56 Å². The Morgan fingerprint density at radius 2 is 2.05 bits per heavy atom. The maximum Gasteiger partial charge on any atom is 0.339 e. The molecule has 0 aliphatic rings. The fourth-order valence-corrected chi connectivity index (χ4v) is 3.27. The summed E-state index contributed by atoms with van der Waals surface area (Å²) in [5.74, 6) is 1.71. The molecule has 1 atom stereocenters. The van der Waals surface area contributed by atoms with Crippen molar-refractivity contribution in [1.29, 1.82) is 0 Å². The summed E-state index contributed by atoms with van der Waals surface area (Å²) < 4.78 is 28.8. The van der Waals surface area contributed by atoms with E-state index in [-0.39, 0.29) is 21.9 Å². The number of carbonyl (C=O) groups excluding carboxylic acids is 1. The van der Waals surface area contributed by atoms with Crippen LogP contribution in [0.25, 0.3) is 0 Å². The number of hydrogen-bond acceptors (Lipinski definition) is 4. The van der Waals surface area contributed by atoms with E-state index in [4.69, 9.17) is 6.42 Å². The van der Waals surface area contributed by atoms with Gasteiger partial charge in [0.05, 0.1) is 23.1 Å². The van der Waals surface area contributed by atoms with E-state index in [1.54, 1.807) is 6.07 Å². The van der Waals surface area contributed by atoms with Crippen molar-refractivity contribution in [3.8, 4) is 12.3 Å². The van der Waals surface area contributed by atoms with Crippen LogP contribution in [0.15, 0.2) is 17.0 Å². The molecule has 0 heterocycles.